The van der Waals surface area contributed by atoms with Crippen LogP contribution in [0.15, 0.2) is 48.8 Å². The SMILES string of the molecule is CC(=O)c1ccc(Nc2cc(C)[nH]c3ccc4ncnc4c23)cc1.Cl. The third kappa shape index (κ3) is 3.06. The Morgan fingerprint density at radius 2 is 1.84 bits per heavy atom. The quantitative estimate of drug-likeness (QED) is 0.520. The number of H-pyrrole nitrogens is 1. The summed E-state index contributed by atoms with van der Waals surface area (Å²) in [5.41, 5.74) is 6.37. The molecule has 0 spiro atoms. The van der Waals surface area contributed by atoms with Crippen LogP contribution in [-0.2, 0) is 0 Å². The number of carbonyl (C=O) groups is 1. The van der Waals surface area contributed by atoms with Gasteiger partial charge in [-0.3, -0.25) is 4.79 Å². The molecule has 0 unspecified atom stereocenters. The number of Topliss-reactive ketones (excluding diaryl/α,β-unsaturated/α-hetero) is 1. The van der Waals surface area contributed by atoms with E-state index in [9.17, 15) is 4.79 Å². The molecule has 6 heteroatoms. The maximum atomic E-state index is 11.4. The van der Waals surface area contributed by atoms with Gasteiger partial charge in [0, 0.05) is 27.8 Å². The molecule has 0 aliphatic heterocycles. The average molecular weight is 353 g/mol. The highest BCUT2D eigenvalue weighted by Gasteiger charge is 2.10. The molecule has 0 saturated heterocycles. The van der Waals surface area contributed by atoms with Crippen LogP contribution in [0.4, 0.5) is 11.4 Å². The third-order valence-electron chi connectivity index (χ3n) is 4.07. The number of ketones is 1. The first-order chi connectivity index (χ1) is 11.6. The first-order valence-electron chi connectivity index (χ1n) is 7.73. The van der Waals surface area contributed by atoms with Crippen molar-refractivity contribution < 1.29 is 4.79 Å². The molecule has 0 saturated carbocycles. The van der Waals surface area contributed by atoms with Crippen molar-refractivity contribution in [2.75, 3.05) is 5.32 Å². The van der Waals surface area contributed by atoms with Gasteiger partial charge in [-0.2, -0.15) is 0 Å². The molecule has 25 heavy (non-hydrogen) atoms. The second kappa shape index (κ2) is 6.53. The van der Waals surface area contributed by atoms with Crippen molar-refractivity contribution >= 4 is 51.5 Å². The van der Waals surface area contributed by atoms with Crippen LogP contribution >= 0.6 is 12.4 Å². The number of hydrogen-bond acceptors (Lipinski definition) is 4. The molecule has 0 bridgehead atoms. The Balaban J connectivity index is 0.00000182. The highest BCUT2D eigenvalue weighted by molar-refractivity contribution is 6.10. The van der Waals surface area contributed by atoms with Crippen LogP contribution in [0.25, 0.3) is 21.9 Å². The summed E-state index contributed by atoms with van der Waals surface area (Å²) in [4.78, 5) is 23.5. The number of hydrogen-bond donors (Lipinski definition) is 2. The van der Waals surface area contributed by atoms with Crippen molar-refractivity contribution in [1.29, 1.82) is 0 Å². The fraction of sp³-hybridized carbons (Fsp3) is 0.105. The predicted molar refractivity (Wildman–Crippen MR) is 103 cm³/mol. The van der Waals surface area contributed by atoms with E-state index in [1.165, 1.54) is 0 Å². The molecule has 4 aromatic rings. The molecule has 0 fully saturated rings. The smallest absolute Gasteiger partial charge is 0.159 e. The Bertz CT molecular complexity index is 1070. The van der Waals surface area contributed by atoms with E-state index in [0.29, 0.717) is 5.56 Å². The van der Waals surface area contributed by atoms with Gasteiger partial charge in [-0.05, 0) is 56.3 Å². The molecule has 2 N–H and O–H groups in total. The van der Waals surface area contributed by atoms with E-state index in [1.807, 2.05) is 43.3 Å². The molecule has 5 nitrogen and oxygen atoms in total. The van der Waals surface area contributed by atoms with Crippen LogP contribution in [0, 0.1) is 6.92 Å². The summed E-state index contributed by atoms with van der Waals surface area (Å²) in [7, 11) is 0. The molecule has 126 valence electrons. The Morgan fingerprint density at radius 3 is 2.56 bits per heavy atom. The van der Waals surface area contributed by atoms with Crippen molar-refractivity contribution in [3.8, 4) is 0 Å². The second-order valence-corrected chi connectivity index (χ2v) is 5.85. The van der Waals surface area contributed by atoms with Crippen LogP contribution in [0.1, 0.15) is 23.0 Å². The van der Waals surface area contributed by atoms with E-state index in [-0.39, 0.29) is 18.2 Å². The lowest BCUT2D eigenvalue weighted by Crippen LogP contribution is -1.97. The molecule has 2 heterocycles. The molecule has 4 rings (SSSR count). The molecule has 0 aliphatic rings. The van der Waals surface area contributed by atoms with Crippen LogP contribution in [0.5, 0.6) is 0 Å². The molecule has 2 aromatic carbocycles. The zero-order valence-corrected chi connectivity index (χ0v) is 14.6. The van der Waals surface area contributed by atoms with E-state index in [4.69, 9.17) is 0 Å². The van der Waals surface area contributed by atoms with Crippen molar-refractivity contribution in [3.63, 3.8) is 0 Å². The second-order valence-electron chi connectivity index (χ2n) is 5.85. The number of pyridine rings is 1. The van der Waals surface area contributed by atoms with Gasteiger partial charge >= 0.3 is 0 Å². The molecule has 0 aliphatic carbocycles. The number of benzene rings is 2. The number of anilines is 2. The van der Waals surface area contributed by atoms with E-state index in [2.05, 4.69) is 26.3 Å². The fourth-order valence-electron chi connectivity index (χ4n) is 2.92. The number of halogens is 1. The highest BCUT2D eigenvalue weighted by atomic mass is 35.5. The number of aromatic nitrogens is 3. The molecular formula is C19H17ClN4O. The van der Waals surface area contributed by atoms with E-state index < -0.39 is 0 Å². The normalized spacial score (nSPS) is 10.6. The van der Waals surface area contributed by atoms with Gasteiger partial charge in [0.1, 0.15) is 11.8 Å². The van der Waals surface area contributed by atoms with Crippen LogP contribution < -0.4 is 5.32 Å². The fourth-order valence-corrected chi connectivity index (χ4v) is 2.92. The van der Waals surface area contributed by atoms with Gasteiger partial charge in [0.2, 0.25) is 0 Å². The summed E-state index contributed by atoms with van der Waals surface area (Å²) in [6, 6.07) is 13.5. The third-order valence-corrected chi connectivity index (χ3v) is 4.07. The van der Waals surface area contributed by atoms with E-state index in [0.717, 1.165) is 39.0 Å². The highest BCUT2D eigenvalue weighted by Crippen LogP contribution is 2.31. The number of fused-ring (bicyclic) bond motifs is 3. The maximum Gasteiger partial charge on any atom is 0.159 e. The number of nitrogens with zero attached hydrogens (tertiary/aromatic N) is 2. The number of aromatic amines is 1. The molecule has 0 radical (unpaired) electrons. The summed E-state index contributed by atoms with van der Waals surface area (Å²) in [6.07, 6.45) is 1.58. The molecule has 2 aromatic heterocycles. The van der Waals surface area contributed by atoms with Crippen molar-refractivity contribution in [1.82, 2.24) is 15.0 Å². The van der Waals surface area contributed by atoms with Gasteiger partial charge in [0.25, 0.3) is 0 Å². The minimum atomic E-state index is 0. The molecule has 0 atom stereocenters. The standard InChI is InChI=1S/C19H16N4O.ClH/c1-11-9-17(23-14-5-3-13(4-6-14)12(2)24)18-15(22-11)7-8-16-19(18)21-10-20-16;/h3-10,22-23H,1-2H3;1H. The minimum Gasteiger partial charge on any atom is -0.358 e. The summed E-state index contributed by atoms with van der Waals surface area (Å²) in [5.74, 6) is 0.0610. The van der Waals surface area contributed by atoms with Gasteiger partial charge in [-0.25, -0.2) is 9.97 Å². The number of rotatable bonds is 3. The zero-order valence-electron chi connectivity index (χ0n) is 13.8. The Kier molecular flexibility index (Phi) is 4.42. The lowest BCUT2D eigenvalue weighted by atomic mass is 10.1. The Morgan fingerprint density at radius 1 is 1.08 bits per heavy atom. The van der Waals surface area contributed by atoms with Gasteiger partial charge in [-0.1, -0.05) is 0 Å². The predicted octanol–water partition coefficient (Wildman–Crippen LogP) is 4.79. The van der Waals surface area contributed by atoms with Crippen LogP contribution in [0.3, 0.4) is 0 Å². The number of carbonyl (C=O) groups excluding carboxylic acids is 1. The van der Waals surface area contributed by atoms with Gasteiger partial charge < -0.3 is 10.3 Å². The Hall–Kier alpha value is -2.92. The topological polar surface area (TPSA) is 70.7 Å². The largest absolute Gasteiger partial charge is 0.358 e. The van der Waals surface area contributed by atoms with Crippen molar-refractivity contribution in [2.45, 2.75) is 13.8 Å². The summed E-state index contributed by atoms with van der Waals surface area (Å²) < 4.78 is 0. The monoisotopic (exact) mass is 352 g/mol. The molecular weight excluding hydrogens is 336 g/mol. The maximum absolute atomic E-state index is 11.4. The average Bonchev–Trinajstić information content (AvgIpc) is 3.03. The summed E-state index contributed by atoms with van der Waals surface area (Å²) >= 11 is 0. The van der Waals surface area contributed by atoms with E-state index >= 15 is 0 Å². The number of nitrogens with one attached hydrogen (secondary N) is 2. The Labute approximate surface area is 150 Å². The van der Waals surface area contributed by atoms with Gasteiger partial charge in [-0.15, -0.1) is 12.4 Å². The summed E-state index contributed by atoms with van der Waals surface area (Å²) in [5, 5.41) is 4.44. The summed E-state index contributed by atoms with van der Waals surface area (Å²) in [6.45, 7) is 3.58. The van der Waals surface area contributed by atoms with Gasteiger partial charge in [0.15, 0.2) is 5.78 Å². The van der Waals surface area contributed by atoms with Crippen molar-refractivity contribution in [3.05, 3.63) is 60.0 Å². The lowest BCUT2D eigenvalue weighted by molar-refractivity contribution is 0.101. The zero-order chi connectivity index (χ0) is 16.7. The van der Waals surface area contributed by atoms with Crippen LogP contribution in [0.2, 0.25) is 0 Å². The number of imidazole rings is 1. The van der Waals surface area contributed by atoms with Gasteiger partial charge in [0.05, 0.1) is 11.2 Å². The first-order valence-corrected chi connectivity index (χ1v) is 7.73. The number of aryl methyl sites for hydroxylation is 1. The van der Waals surface area contributed by atoms with E-state index in [1.54, 1.807) is 13.3 Å². The first kappa shape index (κ1) is 16.9. The lowest BCUT2D eigenvalue weighted by Gasteiger charge is -2.12. The minimum absolute atomic E-state index is 0. The van der Waals surface area contributed by atoms with Crippen molar-refractivity contribution in [2.24, 2.45) is 0 Å². The van der Waals surface area contributed by atoms with Crippen LogP contribution in [-0.4, -0.2) is 20.7 Å². The molecule has 0 amide bonds.